The smallest absolute Gasteiger partial charge is 0.343 e. The van der Waals surface area contributed by atoms with Gasteiger partial charge in [0.05, 0.1) is 0 Å². The first-order chi connectivity index (χ1) is 5.63. The lowest BCUT2D eigenvalue weighted by atomic mass is 10.1. The second kappa shape index (κ2) is 3.30. The largest absolute Gasteiger partial charge is 0.479 e. The van der Waals surface area contributed by atoms with Crippen molar-refractivity contribution in [3.05, 3.63) is 35.6 Å². The van der Waals surface area contributed by atoms with E-state index in [4.69, 9.17) is 5.11 Å². The minimum absolute atomic E-state index is 0.440. The first kappa shape index (κ1) is 8.64. The maximum absolute atomic E-state index is 12.7. The lowest BCUT2D eigenvalue weighted by Crippen LogP contribution is -2.07. The summed E-state index contributed by atoms with van der Waals surface area (Å²) in [4.78, 5) is 10.1. The van der Waals surface area contributed by atoms with E-state index < -0.39 is 23.5 Å². The van der Waals surface area contributed by atoms with Crippen molar-refractivity contribution in [2.24, 2.45) is 0 Å². The maximum atomic E-state index is 12.7. The molecule has 0 heterocycles. The third-order valence-corrected chi connectivity index (χ3v) is 1.40. The third-order valence-electron chi connectivity index (χ3n) is 1.40. The predicted octanol–water partition coefficient (Wildman–Crippen LogP) is 1.92. The quantitative estimate of drug-likeness (QED) is 0.739. The van der Waals surface area contributed by atoms with Crippen LogP contribution in [0.25, 0.3) is 0 Å². The molecule has 2 nitrogen and oxygen atoms in total. The van der Waals surface area contributed by atoms with Crippen molar-refractivity contribution in [3.63, 3.8) is 0 Å². The highest BCUT2D eigenvalue weighted by molar-refractivity contribution is 5.74. The Hall–Kier alpha value is -1.45. The van der Waals surface area contributed by atoms with Crippen molar-refractivity contribution in [2.45, 2.75) is 6.17 Å². The van der Waals surface area contributed by atoms with Crippen molar-refractivity contribution in [2.75, 3.05) is 0 Å². The normalized spacial score (nSPS) is 12.5. The van der Waals surface area contributed by atoms with Crippen LogP contribution in [-0.4, -0.2) is 11.1 Å². The molecule has 64 valence electrons. The summed E-state index contributed by atoms with van der Waals surface area (Å²) in [7, 11) is 0. The number of hydrogen-bond acceptors (Lipinski definition) is 1. The maximum Gasteiger partial charge on any atom is 0.343 e. The molecule has 1 aromatic rings. The summed E-state index contributed by atoms with van der Waals surface area (Å²) in [6.45, 7) is 0. The number of alkyl halides is 1. The highest BCUT2D eigenvalue weighted by Gasteiger charge is 2.21. The number of halogens is 2. The highest BCUT2D eigenvalue weighted by Crippen LogP contribution is 2.19. The zero-order valence-electron chi connectivity index (χ0n) is 6.00. The molecule has 0 fully saturated rings. The van der Waals surface area contributed by atoms with Gasteiger partial charge in [0.15, 0.2) is 0 Å². The summed E-state index contributed by atoms with van der Waals surface area (Å²) in [6, 6.07) is 4.88. The Labute approximate surface area is 67.4 Å². The number of aliphatic carboxylic acids is 1. The van der Waals surface area contributed by atoms with Gasteiger partial charge in [-0.05, 0) is 6.07 Å². The first-order valence-corrected chi connectivity index (χ1v) is 3.24. The Kier molecular flexibility index (Phi) is 2.38. The molecule has 1 N–H and O–H groups in total. The van der Waals surface area contributed by atoms with Crippen LogP contribution in [0.15, 0.2) is 24.3 Å². The fourth-order valence-corrected chi connectivity index (χ4v) is 0.814. The Morgan fingerprint density at radius 1 is 1.42 bits per heavy atom. The second-order valence-electron chi connectivity index (χ2n) is 2.22. The van der Waals surface area contributed by atoms with Crippen molar-refractivity contribution >= 4 is 5.97 Å². The Balaban J connectivity index is 3.02. The average molecular weight is 172 g/mol. The molecule has 0 radical (unpaired) electrons. The molecule has 1 aromatic carbocycles. The van der Waals surface area contributed by atoms with Crippen LogP contribution in [0, 0.1) is 5.82 Å². The molecule has 0 spiro atoms. The minimum atomic E-state index is -2.29. The number of carboxylic acids is 1. The Morgan fingerprint density at radius 2 is 2.00 bits per heavy atom. The SMILES string of the molecule is O=C(O)C(F)c1ccccc1F. The molecule has 0 aromatic heterocycles. The summed E-state index contributed by atoms with van der Waals surface area (Å²) < 4.78 is 25.4. The summed E-state index contributed by atoms with van der Waals surface area (Å²) in [5, 5.41) is 8.22. The molecule has 4 heteroatoms. The van der Waals surface area contributed by atoms with E-state index in [1.165, 1.54) is 12.1 Å². The van der Waals surface area contributed by atoms with Crippen LogP contribution >= 0.6 is 0 Å². The topological polar surface area (TPSA) is 37.3 Å². The van der Waals surface area contributed by atoms with Crippen LogP contribution in [-0.2, 0) is 4.79 Å². The van der Waals surface area contributed by atoms with E-state index in [1.807, 2.05) is 0 Å². The van der Waals surface area contributed by atoms with Gasteiger partial charge in [-0.15, -0.1) is 0 Å². The summed E-state index contributed by atoms with van der Waals surface area (Å²) >= 11 is 0. The van der Waals surface area contributed by atoms with Crippen LogP contribution in [0.2, 0.25) is 0 Å². The number of carboxylic acid groups (broad SMARTS) is 1. The van der Waals surface area contributed by atoms with Gasteiger partial charge in [-0.25, -0.2) is 13.6 Å². The number of rotatable bonds is 2. The highest BCUT2D eigenvalue weighted by atomic mass is 19.1. The van der Waals surface area contributed by atoms with Crippen LogP contribution in [0.4, 0.5) is 8.78 Å². The van der Waals surface area contributed by atoms with Gasteiger partial charge in [-0.3, -0.25) is 0 Å². The van der Waals surface area contributed by atoms with E-state index >= 15 is 0 Å². The van der Waals surface area contributed by atoms with Gasteiger partial charge in [-0.1, -0.05) is 18.2 Å². The van der Waals surface area contributed by atoms with E-state index in [2.05, 4.69) is 0 Å². The van der Waals surface area contributed by atoms with E-state index in [-0.39, 0.29) is 0 Å². The predicted molar refractivity (Wildman–Crippen MR) is 37.9 cm³/mol. The Bertz CT molecular complexity index is 299. The number of hydrogen-bond donors (Lipinski definition) is 1. The fraction of sp³-hybridized carbons (Fsp3) is 0.125. The molecule has 0 aliphatic rings. The van der Waals surface area contributed by atoms with E-state index in [0.29, 0.717) is 0 Å². The van der Waals surface area contributed by atoms with Gasteiger partial charge in [0, 0.05) is 5.56 Å². The van der Waals surface area contributed by atoms with Crippen LogP contribution in [0.1, 0.15) is 11.7 Å². The van der Waals surface area contributed by atoms with Crippen molar-refractivity contribution in [3.8, 4) is 0 Å². The number of benzene rings is 1. The van der Waals surface area contributed by atoms with E-state index in [9.17, 15) is 13.6 Å². The zero-order chi connectivity index (χ0) is 9.14. The van der Waals surface area contributed by atoms with Gasteiger partial charge in [0.2, 0.25) is 6.17 Å². The fourth-order valence-electron chi connectivity index (χ4n) is 0.814. The first-order valence-electron chi connectivity index (χ1n) is 3.24. The van der Waals surface area contributed by atoms with Crippen molar-refractivity contribution in [1.82, 2.24) is 0 Å². The molecule has 12 heavy (non-hydrogen) atoms. The van der Waals surface area contributed by atoms with Gasteiger partial charge in [-0.2, -0.15) is 0 Å². The lowest BCUT2D eigenvalue weighted by Gasteiger charge is -2.03. The standard InChI is InChI=1S/C8H6F2O2/c9-6-4-2-1-3-5(6)7(10)8(11)12/h1-4,7H,(H,11,12). The van der Waals surface area contributed by atoms with Gasteiger partial charge >= 0.3 is 5.97 Å². The molecular weight excluding hydrogens is 166 g/mol. The molecule has 0 saturated carbocycles. The van der Waals surface area contributed by atoms with Crippen LogP contribution < -0.4 is 0 Å². The zero-order valence-corrected chi connectivity index (χ0v) is 6.00. The summed E-state index contributed by atoms with van der Waals surface area (Å²) in [5.41, 5.74) is -0.440. The molecule has 0 amide bonds. The second-order valence-corrected chi connectivity index (χ2v) is 2.22. The molecule has 0 saturated heterocycles. The van der Waals surface area contributed by atoms with Crippen molar-refractivity contribution < 1.29 is 18.7 Å². The summed E-state index contributed by atoms with van der Waals surface area (Å²) in [6.07, 6.45) is -2.29. The monoisotopic (exact) mass is 172 g/mol. The lowest BCUT2D eigenvalue weighted by molar-refractivity contribution is -0.143. The average Bonchev–Trinajstić information content (AvgIpc) is 2.04. The van der Waals surface area contributed by atoms with Gasteiger partial charge in [0.1, 0.15) is 5.82 Å². The van der Waals surface area contributed by atoms with E-state index in [1.54, 1.807) is 0 Å². The van der Waals surface area contributed by atoms with Crippen LogP contribution in [0.5, 0.6) is 0 Å². The number of carbonyl (C=O) groups is 1. The molecular formula is C8H6F2O2. The molecule has 1 atom stereocenters. The van der Waals surface area contributed by atoms with Crippen LogP contribution in [0.3, 0.4) is 0 Å². The molecule has 0 bridgehead atoms. The molecule has 1 rings (SSSR count). The summed E-state index contributed by atoms with van der Waals surface area (Å²) in [5.74, 6) is -2.52. The minimum Gasteiger partial charge on any atom is -0.479 e. The molecule has 1 unspecified atom stereocenters. The van der Waals surface area contributed by atoms with Crippen molar-refractivity contribution in [1.29, 1.82) is 0 Å². The Morgan fingerprint density at radius 3 is 2.50 bits per heavy atom. The van der Waals surface area contributed by atoms with E-state index in [0.717, 1.165) is 12.1 Å². The molecule has 0 aliphatic carbocycles. The third kappa shape index (κ3) is 1.58. The van der Waals surface area contributed by atoms with Gasteiger partial charge < -0.3 is 5.11 Å². The molecule has 0 aliphatic heterocycles. The van der Waals surface area contributed by atoms with Gasteiger partial charge in [0.25, 0.3) is 0 Å².